The highest BCUT2D eigenvalue weighted by Crippen LogP contribution is 2.33. The summed E-state index contributed by atoms with van der Waals surface area (Å²) in [5.74, 6) is -1.51. The van der Waals surface area contributed by atoms with E-state index in [0.717, 1.165) is 22.4 Å². The van der Waals surface area contributed by atoms with E-state index in [-0.39, 0.29) is 31.3 Å². The van der Waals surface area contributed by atoms with E-state index in [1.165, 1.54) is 6.20 Å². The van der Waals surface area contributed by atoms with Gasteiger partial charge in [-0.05, 0) is 59.2 Å². The second kappa shape index (κ2) is 14.0. The van der Waals surface area contributed by atoms with Crippen LogP contribution in [0, 0.1) is 0 Å². The van der Waals surface area contributed by atoms with Gasteiger partial charge in [0.2, 0.25) is 0 Å². The Kier molecular flexibility index (Phi) is 9.66. The van der Waals surface area contributed by atoms with Gasteiger partial charge >= 0.3 is 5.97 Å². The highest BCUT2D eigenvalue weighted by Gasteiger charge is 2.20. The SMILES string of the molecule is O=C(O)CCN(Cc1cccc(-c2ccc(N3CCOCC3)c(NC(=O)c3ccc(Cl)nc3)c2)c1)C(=O)c1ccccc1. The quantitative estimate of drug-likeness (QED) is 0.228. The first kappa shape index (κ1) is 29.8. The molecule has 1 aliphatic rings. The summed E-state index contributed by atoms with van der Waals surface area (Å²) in [6.45, 7) is 2.91. The number of carbonyl (C=O) groups is 3. The van der Waals surface area contributed by atoms with Gasteiger partial charge in [0.25, 0.3) is 11.8 Å². The number of anilines is 2. The van der Waals surface area contributed by atoms with E-state index in [9.17, 15) is 19.5 Å². The number of nitrogens with one attached hydrogen (secondary N) is 1. The Balaban J connectivity index is 1.43. The third-order valence-electron chi connectivity index (χ3n) is 7.12. The number of carboxylic acids is 1. The van der Waals surface area contributed by atoms with Gasteiger partial charge < -0.3 is 25.0 Å². The number of carbonyl (C=O) groups excluding carboxylic acids is 2. The summed E-state index contributed by atoms with van der Waals surface area (Å²) in [5, 5.41) is 12.6. The van der Waals surface area contributed by atoms with Gasteiger partial charge in [-0.3, -0.25) is 14.4 Å². The predicted octanol–water partition coefficient (Wildman–Crippen LogP) is 5.61. The fourth-order valence-electron chi connectivity index (χ4n) is 4.92. The van der Waals surface area contributed by atoms with Crippen molar-refractivity contribution in [2.45, 2.75) is 13.0 Å². The molecule has 0 saturated carbocycles. The third-order valence-corrected chi connectivity index (χ3v) is 7.35. The molecule has 0 aliphatic carbocycles. The van der Waals surface area contributed by atoms with E-state index >= 15 is 0 Å². The number of hydrogen-bond acceptors (Lipinski definition) is 6. The van der Waals surface area contributed by atoms with Crippen molar-refractivity contribution in [2.75, 3.05) is 43.1 Å². The number of carboxylic acid groups (broad SMARTS) is 1. The zero-order chi connectivity index (χ0) is 30.2. The summed E-state index contributed by atoms with van der Waals surface area (Å²) < 4.78 is 5.53. The highest BCUT2D eigenvalue weighted by atomic mass is 35.5. The van der Waals surface area contributed by atoms with Crippen LogP contribution in [0.15, 0.2) is 91.1 Å². The molecule has 220 valence electrons. The summed E-state index contributed by atoms with van der Waals surface area (Å²) >= 11 is 5.91. The maximum Gasteiger partial charge on any atom is 0.305 e. The van der Waals surface area contributed by atoms with Crippen LogP contribution in [0.25, 0.3) is 11.1 Å². The molecule has 10 heteroatoms. The van der Waals surface area contributed by atoms with Crippen LogP contribution in [0.2, 0.25) is 5.15 Å². The van der Waals surface area contributed by atoms with Crippen LogP contribution < -0.4 is 10.2 Å². The number of aliphatic carboxylic acids is 1. The summed E-state index contributed by atoms with van der Waals surface area (Å²) in [5.41, 5.74) is 5.02. The van der Waals surface area contributed by atoms with Crippen LogP contribution in [0.1, 0.15) is 32.7 Å². The fourth-order valence-corrected chi connectivity index (χ4v) is 5.03. The van der Waals surface area contributed by atoms with Crippen LogP contribution in [-0.2, 0) is 16.1 Å². The minimum absolute atomic E-state index is 0.0806. The number of nitrogens with zero attached hydrogens (tertiary/aromatic N) is 3. The van der Waals surface area contributed by atoms with Crippen LogP contribution in [0.4, 0.5) is 11.4 Å². The molecule has 0 atom stereocenters. The van der Waals surface area contributed by atoms with Crippen molar-refractivity contribution in [1.82, 2.24) is 9.88 Å². The molecular weight excluding hydrogens is 568 g/mol. The molecule has 1 saturated heterocycles. The standard InChI is InChI=1S/C33H31ClN4O5/c34-30-12-10-27(21-35-30)32(41)36-28-20-26(9-11-29(28)37-15-17-43-18-16-37)25-8-4-5-23(19-25)22-38(14-13-31(39)40)33(42)24-6-2-1-3-7-24/h1-12,19-21H,13-18,22H2,(H,36,41)(H,39,40). The van der Waals surface area contributed by atoms with Gasteiger partial charge in [-0.15, -0.1) is 0 Å². The number of halogens is 1. The molecule has 1 fully saturated rings. The second-order valence-electron chi connectivity index (χ2n) is 10.1. The lowest BCUT2D eigenvalue weighted by Crippen LogP contribution is -2.36. The van der Waals surface area contributed by atoms with Crippen molar-refractivity contribution in [3.05, 3.63) is 113 Å². The van der Waals surface area contributed by atoms with Gasteiger partial charge in [0.05, 0.1) is 36.6 Å². The molecule has 5 rings (SSSR count). The number of pyridine rings is 1. The van der Waals surface area contributed by atoms with Gasteiger partial charge in [0, 0.05) is 37.9 Å². The van der Waals surface area contributed by atoms with Crippen LogP contribution in [0.3, 0.4) is 0 Å². The zero-order valence-electron chi connectivity index (χ0n) is 23.4. The third kappa shape index (κ3) is 7.77. The van der Waals surface area contributed by atoms with E-state index in [1.807, 2.05) is 48.5 Å². The maximum atomic E-state index is 13.3. The Morgan fingerprint density at radius 2 is 1.67 bits per heavy atom. The average molecular weight is 599 g/mol. The first-order chi connectivity index (χ1) is 20.9. The van der Waals surface area contributed by atoms with Crippen molar-refractivity contribution in [1.29, 1.82) is 0 Å². The fraction of sp³-hybridized carbons (Fsp3) is 0.212. The lowest BCUT2D eigenvalue weighted by Gasteiger charge is -2.31. The van der Waals surface area contributed by atoms with E-state index < -0.39 is 5.97 Å². The molecule has 2 heterocycles. The van der Waals surface area contributed by atoms with Crippen molar-refractivity contribution in [3.8, 4) is 11.1 Å². The Hall–Kier alpha value is -4.73. The first-order valence-electron chi connectivity index (χ1n) is 13.9. The molecule has 1 aromatic heterocycles. The first-order valence-corrected chi connectivity index (χ1v) is 14.3. The van der Waals surface area contributed by atoms with Gasteiger partial charge in [-0.25, -0.2) is 4.98 Å². The Morgan fingerprint density at radius 3 is 2.40 bits per heavy atom. The summed E-state index contributed by atoms with van der Waals surface area (Å²) in [4.78, 5) is 45.5. The molecule has 1 aliphatic heterocycles. The van der Waals surface area contributed by atoms with Crippen LogP contribution in [-0.4, -0.2) is 65.6 Å². The normalized spacial score (nSPS) is 12.9. The Labute approximate surface area is 254 Å². The van der Waals surface area contributed by atoms with Gasteiger partial charge in [0.15, 0.2) is 0 Å². The number of ether oxygens (including phenoxy) is 1. The monoisotopic (exact) mass is 598 g/mol. The molecule has 43 heavy (non-hydrogen) atoms. The molecule has 4 aromatic rings. The van der Waals surface area contributed by atoms with Gasteiger partial charge in [-0.1, -0.05) is 54.1 Å². The molecule has 2 N–H and O–H groups in total. The number of hydrogen-bond donors (Lipinski definition) is 2. The van der Waals surface area contributed by atoms with Crippen LogP contribution >= 0.6 is 11.6 Å². The number of rotatable bonds is 10. The van der Waals surface area contributed by atoms with Crippen molar-refractivity contribution < 1.29 is 24.2 Å². The molecule has 0 radical (unpaired) electrons. The number of benzene rings is 3. The summed E-state index contributed by atoms with van der Waals surface area (Å²) in [7, 11) is 0. The smallest absolute Gasteiger partial charge is 0.305 e. The molecular formula is C33H31ClN4O5. The Bertz CT molecular complexity index is 1590. The maximum absolute atomic E-state index is 13.3. The number of morpholine rings is 1. The highest BCUT2D eigenvalue weighted by molar-refractivity contribution is 6.29. The Morgan fingerprint density at radius 1 is 0.907 bits per heavy atom. The largest absolute Gasteiger partial charge is 0.481 e. The van der Waals surface area contributed by atoms with Gasteiger partial charge in [0.1, 0.15) is 5.15 Å². The van der Waals surface area contributed by atoms with E-state index in [2.05, 4.69) is 15.2 Å². The van der Waals surface area contributed by atoms with Crippen molar-refractivity contribution >= 4 is 40.8 Å². The van der Waals surface area contributed by atoms with E-state index in [4.69, 9.17) is 16.3 Å². The molecule has 3 aromatic carbocycles. The van der Waals surface area contributed by atoms with Crippen molar-refractivity contribution in [3.63, 3.8) is 0 Å². The van der Waals surface area contributed by atoms with E-state index in [0.29, 0.717) is 48.3 Å². The minimum Gasteiger partial charge on any atom is -0.481 e. The molecule has 2 amide bonds. The topological polar surface area (TPSA) is 112 Å². The van der Waals surface area contributed by atoms with Gasteiger partial charge in [-0.2, -0.15) is 0 Å². The summed E-state index contributed by atoms with van der Waals surface area (Å²) in [6.07, 6.45) is 1.28. The lowest BCUT2D eigenvalue weighted by molar-refractivity contribution is -0.137. The minimum atomic E-state index is -0.969. The zero-order valence-corrected chi connectivity index (χ0v) is 24.2. The molecule has 9 nitrogen and oxygen atoms in total. The number of aromatic nitrogens is 1. The molecule has 0 spiro atoms. The van der Waals surface area contributed by atoms with E-state index in [1.54, 1.807) is 41.3 Å². The molecule has 0 unspecified atom stereocenters. The second-order valence-corrected chi connectivity index (χ2v) is 10.5. The summed E-state index contributed by atoms with van der Waals surface area (Å²) in [6, 6.07) is 25.7. The lowest BCUT2D eigenvalue weighted by atomic mass is 10.0. The predicted molar refractivity (Wildman–Crippen MR) is 166 cm³/mol. The van der Waals surface area contributed by atoms with Crippen LogP contribution in [0.5, 0.6) is 0 Å². The van der Waals surface area contributed by atoms with Crippen molar-refractivity contribution in [2.24, 2.45) is 0 Å². The number of amides is 2. The molecule has 0 bridgehead atoms. The average Bonchev–Trinajstić information content (AvgIpc) is 3.04.